The number of hydrogen-bond acceptors (Lipinski definition) is 2. The van der Waals surface area contributed by atoms with Crippen LogP contribution >= 0.6 is 0 Å². The third-order valence-corrected chi connectivity index (χ3v) is 2.99. The minimum atomic E-state index is 0.330. The van der Waals surface area contributed by atoms with E-state index < -0.39 is 0 Å². The van der Waals surface area contributed by atoms with Crippen LogP contribution in [0.5, 0.6) is 5.75 Å². The lowest BCUT2D eigenvalue weighted by molar-refractivity contribution is -0.693. The number of phenolic OH excluding ortho intramolecular Hbond substituents is 1. The molecule has 3 heteroatoms. The monoisotopic (exact) mass is 243 g/mol. The molecule has 0 aliphatic rings. The average molecular weight is 243 g/mol. The largest absolute Gasteiger partial charge is 0.508 e. The lowest BCUT2D eigenvalue weighted by Crippen LogP contribution is -2.31. The third-order valence-electron chi connectivity index (χ3n) is 2.99. The standard InChI is InChI=1S/C15H18N2O/c1-3-17-8-4-5-13(11-17)10-16-14-7-6-12(2)15(18)9-14/h4-9,11,16H,3,10H2,1-2H3/p+1. The number of aromatic hydroxyl groups is 1. The second-order valence-corrected chi connectivity index (χ2v) is 4.40. The van der Waals surface area contributed by atoms with E-state index in [2.05, 4.69) is 35.3 Å². The summed E-state index contributed by atoms with van der Waals surface area (Å²) in [5, 5.41) is 12.9. The second-order valence-electron chi connectivity index (χ2n) is 4.40. The third kappa shape index (κ3) is 3.00. The van der Waals surface area contributed by atoms with Gasteiger partial charge in [-0.25, -0.2) is 4.57 Å². The first kappa shape index (κ1) is 12.4. The van der Waals surface area contributed by atoms with Gasteiger partial charge in [0, 0.05) is 29.9 Å². The molecule has 0 fully saturated rings. The van der Waals surface area contributed by atoms with Crippen LogP contribution in [0.3, 0.4) is 0 Å². The molecule has 2 N–H and O–H groups in total. The summed E-state index contributed by atoms with van der Waals surface area (Å²) in [5.41, 5.74) is 3.05. The summed E-state index contributed by atoms with van der Waals surface area (Å²) >= 11 is 0. The summed E-state index contributed by atoms with van der Waals surface area (Å²) in [6.45, 7) is 5.73. The Morgan fingerprint density at radius 2 is 2.11 bits per heavy atom. The van der Waals surface area contributed by atoms with Crippen LogP contribution in [0.4, 0.5) is 5.69 Å². The molecule has 0 saturated carbocycles. The smallest absolute Gasteiger partial charge is 0.173 e. The summed E-state index contributed by atoms with van der Waals surface area (Å²) in [6, 6.07) is 9.78. The van der Waals surface area contributed by atoms with Crippen molar-refractivity contribution in [3.8, 4) is 5.75 Å². The summed E-state index contributed by atoms with van der Waals surface area (Å²) < 4.78 is 2.14. The first-order chi connectivity index (χ1) is 8.69. The second kappa shape index (κ2) is 5.54. The SMILES string of the molecule is CC[n+]1cccc(CNc2ccc(C)c(O)c2)c1. The van der Waals surface area contributed by atoms with Gasteiger partial charge in [0.2, 0.25) is 0 Å². The molecule has 0 atom stereocenters. The number of aromatic nitrogens is 1. The van der Waals surface area contributed by atoms with Crippen LogP contribution in [0.25, 0.3) is 0 Å². The Morgan fingerprint density at radius 3 is 2.83 bits per heavy atom. The van der Waals surface area contributed by atoms with Crippen molar-refractivity contribution < 1.29 is 9.67 Å². The quantitative estimate of drug-likeness (QED) is 0.810. The van der Waals surface area contributed by atoms with Crippen molar-refractivity contribution in [1.29, 1.82) is 0 Å². The molecule has 0 radical (unpaired) electrons. The first-order valence-corrected chi connectivity index (χ1v) is 6.20. The molecule has 1 heterocycles. The van der Waals surface area contributed by atoms with Gasteiger partial charge in [0.15, 0.2) is 12.4 Å². The fraction of sp³-hybridized carbons (Fsp3) is 0.267. The molecule has 18 heavy (non-hydrogen) atoms. The number of phenols is 1. The molecule has 3 nitrogen and oxygen atoms in total. The van der Waals surface area contributed by atoms with Crippen molar-refractivity contribution in [2.45, 2.75) is 26.9 Å². The van der Waals surface area contributed by atoms with Crippen LogP contribution in [-0.2, 0) is 13.1 Å². The Balaban J connectivity index is 2.04. The van der Waals surface area contributed by atoms with Gasteiger partial charge in [-0.2, -0.15) is 0 Å². The number of hydrogen-bond donors (Lipinski definition) is 2. The van der Waals surface area contributed by atoms with Gasteiger partial charge in [0.25, 0.3) is 0 Å². The van der Waals surface area contributed by atoms with Gasteiger partial charge in [0.05, 0.1) is 0 Å². The van der Waals surface area contributed by atoms with Gasteiger partial charge in [0.1, 0.15) is 12.3 Å². The van der Waals surface area contributed by atoms with E-state index in [1.807, 2.05) is 25.1 Å². The predicted molar refractivity (Wildman–Crippen MR) is 72.5 cm³/mol. The van der Waals surface area contributed by atoms with Gasteiger partial charge in [-0.15, -0.1) is 0 Å². The van der Waals surface area contributed by atoms with Crippen molar-refractivity contribution in [2.75, 3.05) is 5.32 Å². The molecule has 0 bridgehead atoms. The highest BCUT2D eigenvalue weighted by atomic mass is 16.3. The van der Waals surface area contributed by atoms with E-state index in [0.717, 1.165) is 24.3 Å². The molecule has 94 valence electrons. The number of rotatable bonds is 4. The molecule has 1 aromatic carbocycles. The van der Waals surface area contributed by atoms with E-state index in [4.69, 9.17) is 0 Å². The summed E-state index contributed by atoms with van der Waals surface area (Å²) in [6.07, 6.45) is 4.18. The van der Waals surface area contributed by atoms with Gasteiger partial charge in [-0.3, -0.25) is 0 Å². The molecule has 0 spiro atoms. The first-order valence-electron chi connectivity index (χ1n) is 6.20. The Kier molecular flexibility index (Phi) is 3.82. The van der Waals surface area contributed by atoms with Crippen molar-refractivity contribution in [3.63, 3.8) is 0 Å². The van der Waals surface area contributed by atoms with Crippen LogP contribution < -0.4 is 9.88 Å². The van der Waals surface area contributed by atoms with Gasteiger partial charge < -0.3 is 10.4 Å². The van der Waals surface area contributed by atoms with Gasteiger partial charge in [-0.1, -0.05) is 6.07 Å². The van der Waals surface area contributed by atoms with Gasteiger partial charge >= 0.3 is 0 Å². The number of anilines is 1. The molecule has 0 amide bonds. The van der Waals surface area contributed by atoms with E-state index in [-0.39, 0.29) is 0 Å². The Hall–Kier alpha value is -2.03. The maximum absolute atomic E-state index is 9.64. The molecule has 0 unspecified atom stereocenters. The van der Waals surface area contributed by atoms with E-state index in [1.54, 1.807) is 6.07 Å². The van der Waals surface area contributed by atoms with Gasteiger partial charge in [-0.05, 0) is 31.5 Å². The van der Waals surface area contributed by atoms with E-state index in [1.165, 1.54) is 5.56 Å². The number of nitrogens with one attached hydrogen (secondary N) is 1. The highest BCUT2D eigenvalue weighted by molar-refractivity contribution is 5.51. The summed E-state index contributed by atoms with van der Waals surface area (Å²) in [5.74, 6) is 0.330. The number of benzene rings is 1. The molecule has 0 aliphatic heterocycles. The minimum absolute atomic E-state index is 0.330. The van der Waals surface area contributed by atoms with Crippen molar-refractivity contribution in [2.24, 2.45) is 0 Å². The molecular formula is C15H19N2O+. The van der Waals surface area contributed by atoms with Crippen molar-refractivity contribution >= 4 is 5.69 Å². The molecule has 2 aromatic rings. The lowest BCUT2D eigenvalue weighted by atomic mass is 10.2. The van der Waals surface area contributed by atoms with Crippen LogP contribution in [0, 0.1) is 6.92 Å². The number of pyridine rings is 1. The summed E-state index contributed by atoms with van der Waals surface area (Å²) in [7, 11) is 0. The topological polar surface area (TPSA) is 36.1 Å². The lowest BCUT2D eigenvalue weighted by Gasteiger charge is -2.07. The zero-order valence-electron chi connectivity index (χ0n) is 10.9. The zero-order valence-corrected chi connectivity index (χ0v) is 10.9. The predicted octanol–water partition coefficient (Wildman–Crippen LogP) is 2.62. The number of aryl methyl sites for hydroxylation is 2. The fourth-order valence-corrected chi connectivity index (χ4v) is 1.80. The minimum Gasteiger partial charge on any atom is -0.508 e. The maximum Gasteiger partial charge on any atom is 0.173 e. The Morgan fingerprint density at radius 1 is 1.28 bits per heavy atom. The molecule has 2 rings (SSSR count). The van der Waals surface area contributed by atoms with E-state index >= 15 is 0 Å². The maximum atomic E-state index is 9.64. The molecular weight excluding hydrogens is 224 g/mol. The van der Waals surface area contributed by atoms with Crippen LogP contribution in [0.1, 0.15) is 18.1 Å². The van der Waals surface area contributed by atoms with Crippen molar-refractivity contribution in [1.82, 2.24) is 0 Å². The molecule has 0 saturated heterocycles. The fourth-order valence-electron chi connectivity index (χ4n) is 1.80. The highest BCUT2D eigenvalue weighted by Crippen LogP contribution is 2.21. The Bertz CT molecular complexity index is 538. The molecule has 0 aliphatic carbocycles. The zero-order chi connectivity index (χ0) is 13.0. The van der Waals surface area contributed by atoms with Crippen LogP contribution in [0.15, 0.2) is 42.7 Å². The van der Waals surface area contributed by atoms with Crippen molar-refractivity contribution in [3.05, 3.63) is 53.9 Å². The average Bonchev–Trinajstić information content (AvgIpc) is 2.40. The van der Waals surface area contributed by atoms with E-state index in [9.17, 15) is 5.11 Å². The Labute approximate surface area is 108 Å². The molecule has 1 aromatic heterocycles. The van der Waals surface area contributed by atoms with E-state index in [0.29, 0.717) is 5.75 Å². The number of nitrogens with zero attached hydrogens (tertiary/aromatic N) is 1. The highest BCUT2D eigenvalue weighted by Gasteiger charge is 2.01. The summed E-state index contributed by atoms with van der Waals surface area (Å²) in [4.78, 5) is 0. The van der Waals surface area contributed by atoms with Crippen LogP contribution in [-0.4, -0.2) is 5.11 Å². The normalized spacial score (nSPS) is 10.3. The van der Waals surface area contributed by atoms with Crippen LogP contribution in [0.2, 0.25) is 0 Å².